The fourth-order valence-electron chi connectivity index (χ4n) is 3.20. The van der Waals surface area contributed by atoms with Gasteiger partial charge >= 0.3 is 5.97 Å². The molecule has 7 nitrogen and oxygen atoms in total. The van der Waals surface area contributed by atoms with Crippen LogP contribution in [0.25, 0.3) is 0 Å². The lowest BCUT2D eigenvalue weighted by atomic mass is 9.97. The van der Waals surface area contributed by atoms with Crippen molar-refractivity contribution in [3.05, 3.63) is 16.3 Å². The molecule has 0 saturated carbocycles. The van der Waals surface area contributed by atoms with Crippen molar-refractivity contribution < 1.29 is 23.1 Å². The van der Waals surface area contributed by atoms with Crippen LogP contribution < -0.4 is 0 Å². The van der Waals surface area contributed by atoms with Gasteiger partial charge in [0.15, 0.2) is 0 Å². The Kier molecular flexibility index (Phi) is 4.93. The van der Waals surface area contributed by atoms with Gasteiger partial charge < -0.3 is 10.0 Å². The maximum absolute atomic E-state index is 12.7. The number of nitrogens with zero attached hydrogens (tertiary/aromatic N) is 2. The molecule has 1 aromatic rings. The summed E-state index contributed by atoms with van der Waals surface area (Å²) in [7, 11) is -3.63. The van der Waals surface area contributed by atoms with Crippen LogP contribution in [0.5, 0.6) is 0 Å². The second kappa shape index (κ2) is 6.81. The number of carbonyl (C=O) groups is 2. The van der Waals surface area contributed by atoms with Gasteiger partial charge in [-0.2, -0.15) is 4.31 Å². The van der Waals surface area contributed by atoms with E-state index in [2.05, 4.69) is 0 Å². The summed E-state index contributed by atoms with van der Waals surface area (Å²) in [4.78, 5) is 25.6. The molecule has 2 saturated heterocycles. The predicted molar refractivity (Wildman–Crippen MR) is 88.6 cm³/mol. The second-order valence-corrected chi connectivity index (χ2v) is 8.95. The van der Waals surface area contributed by atoms with Gasteiger partial charge in [0.05, 0.1) is 5.92 Å². The number of aliphatic carboxylic acids is 1. The summed E-state index contributed by atoms with van der Waals surface area (Å²) in [6.45, 7) is 1.68. The molecule has 24 heavy (non-hydrogen) atoms. The minimum Gasteiger partial charge on any atom is -0.481 e. The molecule has 1 aromatic heterocycles. The molecular weight excluding hydrogens is 352 g/mol. The number of carboxylic acids is 1. The van der Waals surface area contributed by atoms with Gasteiger partial charge in [0.25, 0.3) is 5.91 Å². The van der Waals surface area contributed by atoms with Gasteiger partial charge in [-0.1, -0.05) is 0 Å². The number of piperidine rings is 1. The summed E-state index contributed by atoms with van der Waals surface area (Å²) < 4.78 is 26.9. The summed E-state index contributed by atoms with van der Waals surface area (Å²) in [5.41, 5.74) is 0. The maximum atomic E-state index is 12.7. The zero-order valence-corrected chi connectivity index (χ0v) is 14.8. The Balaban J connectivity index is 1.78. The molecule has 3 heterocycles. The van der Waals surface area contributed by atoms with Crippen molar-refractivity contribution in [2.75, 3.05) is 26.2 Å². The Bertz CT molecular complexity index is 729. The lowest BCUT2D eigenvalue weighted by Gasteiger charge is -2.30. The Labute approximate surface area is 144 Å². The van der Waals surface area contributed by atoms with Gasteiger partial charge in [0, 0.05) is 26.2 Å². The summed E-state index contributed by atoms with van der Waals surface area (Å²) >= 11 is 1.13. The third kappa shape index (κ3) is 3.20. The van der Waals surface area contributed by atoms with Gasteiger partial charge in [0.2, 0.25) is 10.0 Å². The molecular formula is C15H20N2O5S2. The molecule has 0 bridgehead atoms. The van der Waals surface area contributed by atoms with Crippen molar-refractivity contribution in [2.45, 2.75) is 30.6 Å². The lowest BCUT2D eigenvalue weighted by Crippen LogP contribution is -2.40. The number of amides is 1. The highest BCUT2D eigenvalue weighted by Gasteiger charge is 2.34. The topological polar surface area (TPSA) is 95.0 Å². The van der Waals surface area contributed by atoms with Crippen molar-refractivity contribution in [3.63, 3.8) is 0 Å². The quantitative estimate of drug-likeness (QED) is 0.864. The Hall–Kier alpha value is -1.45. The number of rotatable bonds is 4. The van der Waals surface area contributed by atoms with E-state index in [1.165, 1.54) is 10.4 Å². The first-order valence-electron chi connectivity index (χ1n) is 8.01. The van der Waals surface area contributed by atoms with E-state index in [0.29, 0.717) is 39.0 Å². The third-order valence-electron chi connectivity index (χ3n) is 4.64. The van der Waals surface area contributed by atoms with E-state index in [1.807, 2.05) is 0 Å². The van der Waals surface area contributed by atoms with Gasteiger partial charge in [-0.25, -0.2) is 8.42 Å². The lowest BCUT2D eigenvalue weighted by molar-refractivity contribution is -0.143. The van der Waals surface area contributed by atoms with E-state index >= 15 is 0 Å². The molecule has 0 unspecified atom stereocenters. The summed E-state index contributed by atoms with van der Waals surface area (Å²) in [6, 6.07) is 1.50. The van der Waals surface area contributed by atoms with Crippen LogP contribution in [0.15, 0.2) is 16.3 Å². The molecule has 0 spiro atoms. The van der Waals surface area contributed by atoms with E-state index in [4.69, 9.17) is 5.11 Å². The van der Waals surface area contributed by atoms with Crippen LogP contribution in [-0.4, -0.2) is 60.8 Å². The summed E-state index contributed by atoms with van der Waals surface area (Å²) in [5.74, 6) is -1.58. The first kappa shape index (κ1) is 17.4. The van der Waals surface area contributed by atoms with Gasteiger partial charge in [-0.3, -0.25) is 9.59 Å². The number of sulfonamides is 1. The standard InChI is InChI=1S/C15H20N2O5S2/c18-14(16-8-3-11(4-9-16)15(19)20)13-12(5-10-23-13)24(21,22)17-6-1-2-7-17/h5,10-11H,1-4,6-9H2,(H,19,20). The first-order valence-corrected chi connectivity index (χ1v) is 10.3. The zero-order chi connectivity index (χ0) is 17.3. The monoisotopic (exact) mass is 372 g/mol. The molecule has 3 rings (SSSR count). The van der Waals surface area contributed by atoms with E-state index in [0.717, 1.165) is 24.2 Å². The fourth-order valence-corrected chi connectivity index (χ4v) is 6.08. The van der Waals surface area contributed by atoms with Crippen molar-refractivity contribution in [3.8, 4) is 0 Å². The fraction of sp³-hybridized carbons (Fsp3) is 0.600. The summed E-state index contributed by atoms with van der Waals surface area (Å²) in [6.07, 6.45) is 2.49. The smallest absolute Gasteiger partial charge is 0.306 e. The van der Waals surface area contributed by atoms with Crippen LogP contribution in [0.4, 0.5) is 0 Å². The highest BCUT2D eigenvalue weighted by atomic mass is 32.2. The highest BCUT2D eigenvalue weighted by molar-refractivity contribution is 7.89. The molecule has 0 aromatic carbocycles. The molecule has 0 radical (unpaired) electrons. The number of likely N-dealkylation sites (tertiary alicyclic amines) is 1. The normalized spacial score (nSPS) is 20.4. The molecule has 0 atom stereocenters. The summed E-state index contributed by atoms with van der Waals surface area (Å²) in [5, 5.41) is 10.7. The predicted octanol–water partition coefficient (Wildman–Crippen LogP) is 1.47. The van der Waals surface area contributed by atoms with Gasteiger partial charge in [-0.15, -0.1) is 11.3 Å². The molecule has 1 N–H and O–H groups in total. The maximum Gasteiger partial charge on any atom is 0.306 e. The number of carbonyl (C=O) groups excluding carboxylic acids is 1. The Morgan fingerprint density at radius 1 is 1.12 bits per heavy atom. The molecule has 1 amide bonds. The van der Waals surface area contributed by atoms with Crippen molar-refractivity contribution in [2.24, 2.45) is 5.92 Å². The van der Waals surface area contributed by atoms with Crippen molar-refractivity contribution in [1.82, 2.24) is 9.21 Å². The first-order chi connectivity index (χ1) is 11.4. The van der Waals surface area contributed by atoms with Crippen molar-refractivity contribution in [1.29, 1.82) is 0 Å². The minimum atomic E-state index is -3.63. The molecule has 2 aliphatic rings. The largest absolute Gasteiger partial charge is 0.481 e. The van der Waals surface area contributed by atoms with Crippen LogP contribution in [0.2, 0.25) is 0 Å². The zero-order valence-electron chi connectivity index (χ0n) is 13.2. The van der Waals surface area contributed by atoms with Crippen LogP contribution in [0.1, 0.15) is 35.4 Å². The number of carboxylic acid groups (broad SMARTS) is 1. The molecule has 9 heteroatoms. The average Bonchev–Trinajstić information content (AvgIpc) is 3.26. The second-order valence-electron chi connectivity index (χ2n) is 6.13. The molecule has 2 aliphatic heterocycles. The molecule has 0 aliphatic carbocycles. The van der Waals surface area contributed by atoms with Gasteiger partial charge in [0.1, 0.15) is 9.77 Å². The SMILES string of the molecule is O=C(O)C1CCN(C(=O)c2sccc2S(=O)(=O)N2CCCC2)CC1. The number of hydrogen-bond acceptors (Lipinski definition) is 5. The Morgan fingerprint density at radius 3 is 2.33 bits per heavy atom. The average molecular weight is 372 g/mol. The molecule has 2 fully saturated rings. The molecule has 132 valence electrons. The van der Waals surface area contributed by atoms with Crippen molar-refractivity contribution >= 4 is 33.2 Å². The van der Waals surface area contributed by atoms with Gasteiger partial charge in [-0.05, 0) is 37.1 Å². The minimum absolute atomic E-state index is 0.0831. The third-order valence-corrected chi connectivity index (χ3v) is 7.61. The van der Waals surface area contributed by atoms with E-state index in [9.17, 15) is 18.0 Å². The number of thiophene rings is 1. The van der Waals surface area contributed by atoms with E-state index in [1.54, 1.807) is 10.3 Å². The number of hydrogen-bond donors (Lipinski definition) is 1. The van der Waals surface area contributed by atoms with E-state index < -0.39 is 21.9 Å². The Morgan fingerprint density at radius 2 is 1.75 bits per heavy atom. The van der Waals surface area contributed by atoms with Crippen LogP contribution in [-0.2, 0) is 14.8 Å². The van der Waals surface area contributed by atoms with Crippen LogP contribution >= 0.6 is 11.3 Å². The van der Waals surface area contributed by atoms with E-state index in [-0.39, 0.29) is 15.7 Å². The van der Waals surface area contributed by atoms with Crippen LogP contribution in [0, 0.1) is 5.92 Å². The van der Waals surface area contributed by atoms with Crippen LogP contribution in [0.3, 0.4) is 0 Å². The highest BCUT2D eigenvalue weighted by Crippen LogP contribution is 2.29.